The molecule has 2 aliphatic rings. The second-order valence-corrected chi connectivity index (χ2v) is 9.92. The maximum absolute atomic E-state index is 13.0. The van der Waals surface area contributed by atoms with Crippen molar-refractivity contribution in [1.82, 2.24) is 15.1 Å². The fraction of sp³-hybridized carbons (Fsp3) is 0.462. The van der Waals surface area contributed by atoms with Gasteiger partial charge < -0.3 is 25.8 Å². The highest BCUT2D eigenvalue weighted by atomic mass is 16.2. The lowest BCUT2D eigenvalue weighted by molar-refractivity contribution is 0.0731. The number of benzene rings is 2. The van der Waals surface area contributed by atoms with Crippen LogP contribution in [0, 0.1) is 0 Å². The number of hydrogen-bond donors (Lipinski definition) is 2. The van der Waals surface area contributed by atoms with Crippen molar-refractivity contribution in [3.05, 3.63) is 59.2 Å². The van der Waals surface area contributed by atoms with Gasteiger partial charge in [0.15, 0.2) is 0 Å². The number of nitrogens with two attached hydrogens (primary N) is 1. The minimum absolute atomic E-state index is 0.0302. The molecule has 2 saturated heterocycles. The quantitative estimate of drug-likeness (QED) is 0.704. The molecule has 0 atom stereocenters. The summed E-state index contributed by atoms with van der Waals surface area (Å²) in [6.07, 6.45) is 0. The SMILES string of the molecule is CC(C)(C)c1ccc(C(=O)N2CCN(c3ccc(C(=O)N4CCNCC4)cc3N)CC2)cc1. The zero-order valence-electron chi connectivity index (χ0n) is 19.9. The molecule has 0 aromatic heterocycles. The largest absolute Gasteiger partial charge is 0.397 e. The van der Waals surface area contributed by atoms with Crippen LogP contribution >= 0.6 is 0 Å². The number of nitrogen functional groups attached to an aromatic ring is 1. The highest BCUT2D eigenvalue weighted by Crippen LogP contribution is 2.27. The number of amides is 2. The first kappa shape index (κ1) is 23.1. The summed E-state index contributed by atoms with van der Waals surface area (Å²) in [5, 5.41) is 3.26. The molecule has 2 fully saturated rings. The lowest BCUT2D eigenvalue weighted by atomic mass is 9.86. The lowest BCUT2D eigenvalue weighted by Crippen LogP contribution is -2.49. The molecule has 2 aliphatic heterocycles. The summed E-state index contributed by atoms with van der Waals surface area (Å²) in [6, 6.07) is 13.6. The van der Waals surface area contributed by atoms with Crippen molar-refractivity contribution < 1.29 is 9.59 Å². The van der Waals surface area contributed by atoms with Crippen LogP contribution in [0.15, 0.2) is 42.5 Å². The predicted octanol–water partition coefficient (Wildman–Crippen LogP) is 2.57. The van der Waals surface area contributed by atoms with Gasteiger partial charge in [-0.1, -0.05) is 32.9 Å². The number of rotatable bonds is 3. The summed E-state index contributed by atoms with van der Waals surface area (Å²) in [5.74, 6) is 0.0997. The summed E-state index contributed by atoms with van der Waals surface area (Å²) >= 11 is 0. The van der Waals surface area contributed by atoms with E-state index in [1.807, 2.05) is 46.2 Å². The number of piperazine rings is 2. The monoisotopic (exact) mass is 449 g/mol. The van der Waals surface area contributed by atoms with E-state index in [1.165, 1.54) is 5.56 Å². The molecule has 0 spiro atoms. The van der Waals surface area contributed by atoms with Crippen molar-refractivity contribution in [1.29, 1.82) is 0 Å². The molecule has 7 heteroatoms. The molecule has 4 rings (SSSR count). The third kappa shape index (κ3) is 5.14. The molecule has 0 saturated carbocycles. The van der Waals surface area contributed by atoms with Gasteiger partial charge in [0.25, 0.3) is 11.8 Å². The Morgan fingerprint density at radius 3 is 1.91 bits per heavy atom. The fourth-order valence-electron chi connectivity index (χ4n) is 4.47. The van der Waals surface area contributed by atoms with Gasteiger partial charge in [-0.2, -0.15) is 0 Å². The van der Waals surface area contributed by atoms with E-state index in [0.717, 1.165) is 37.4 Å². The van der Waals surface area contributed by atoms with Crippen molar-refractivity contribution >= 4 is 23.2 Å². The molecule has 2 heterocycles. The maximum atomic E-state index is 13.0. The molecule has 33 heavy (non-hydrogen) atoms. The Labute approximate surface area is 196 Å². The summed E-state index contributed by atoms with van der Waals surface area (Å²) < 4.78 is 0. The average Bonchev–Trinajstić information content (AvgIpc) is 2.83. The molecular weight excluding hydrogens is 414 g/mol. The van der Waals surface area contributed by atoms with Gasteiger partial charge in [-0.15, -0.1) is 0 Å². The molecule has 7 nitrogen and oxygen atoms in total. The summed E-state index contributed by atoms with van der Waals surface area (Å²) in [7, 11) is 0. The van der Waals surface area contributed by atoms with E-state index in [1.54, 1.807) is 6.07 Å². The van der Waals surface area contributed by atoms with Crippen LogP contribution in [0.4, 0.5) is 11.4 Å². The van der Waals surface area contributed by atoms with E-state index < -0.39 is 0 Å². The highest BCUT2D eigenvalue weighted by Gasteiger charge is 2.25. The van der Waals surface area contributed by atoms with Gasteiger partial charge in [-0.3, -0.25) is 9.59 Å². The third-order valence-electron chi connectivity index (χ3n) is 6.58. The van der Waals surface area contributed by atoms with Gasteiger partial charge in [0.1, 0.15) is 0 Å². The maximum Gasteiger partial charge on any atom is 0.254 e. The van der Waals surface area contributed by atoms with E-state index >= 15 is 0 Å². The van der Waals surface area contributed by atoms with E-state index in [9.17, 15) is 9.59 Å². The molecule has 0 unspecified atom stereocenters. The zero-order chi connectivity index (χ0) is 23.6. The van der Waals surface area contributed by atoms with Gasteiger partial charge in [-0.05, 0) is 41.3 Å². The second kappa shape index (κ2) is 9.43. The van der Waals surface area contributed by atoms with Crippen molar-refractivity contribution in [2.75, 3.05) is 63.0 Å². The van der Waals surface area contributed by atoms with Crippen molar-refractivity contribution in [2.45, 2.75) is 26.2 Å². The Balaban J connectivity index is 1.37. The Bertz CT molecular complexity index is 998. The van der Waals surface area contributed by atoms with Gasteiger partial charge >= 0.3 is 0 Å². The molecule has 0 radical (unpaired) electrons. The topological polar surface area (TPSA) is 81.9 Å². The Morgan fingerprint density at radius 1 is 0.788 bits per heavy atom. The van der Waals surface area contributed by atoms with Gasteiger partial charge in [0, 0.05) is 63.5 Å². The van der Waals surface area contributed by atoms with Crippen LogP contribution in [0.25, 0.3) is 0 Å². The molecule has 0 bridgehead atoms. The second-order valence-electron chi connectivity index (χ2n) is 9.92. The highest BCUT2D eigenvalue weighted by molar-refractivity contribution is 5.96. The van der Waals surface area contributed by atoms with Crippen LogP contribution in [-0.2, 0) is 5.41 Å². The predicted molar refractivity (Wildman–Crippen MR) is 133 cm³/mol. The fourth-order valence-corrected chi connectivity index (χ4v) is 4.47. The van der Waals surface area contributed by atoms with Crippen molar-refractivity contribution in [2.24, 2.45) is 0 Å². The van der Waals surface area contributed by atoms with E-state index in [2.05, 4.69) is 31.0 Å². The van der Waals surface area contributed by atoms with Gasteiger partial charge in [0.05, 0.1) is 11.4 Å². The summed E-state index contributed by atoms with van der Waals surface area (Å²) in [4.78, 5) is 31.7. The first-order chi connectivity index (χ1) is 15.7. The van der Waals surface area contributed by atoms with Crippen LogP contribution in [0.3, 0.4) is 0 Å². The molecule has 2 aromatic rings. The van der Waals surface area contributed by atoms with Crippen LogP contribution < -0.4 is 16.0 Å². The smallest absolute Gasteiger partial charge is 0.254 e. The van der Waals surface area contributed by atoms with Gasteiger partial charge in [0.2, 0.25) is 0 Å². The van der Waals surface area contributed by atoms with Crippen LogP contribution in [0.1, 0.15) is 47.1 Å². The zero-order valence-corrected chi connectivity index (χ0v) is 19.9. The summed E-state index contributed by atoms with van der Waals surface area (Å²) in [5.41, 5.74) is 10.5. The minimum atomic E-state index is 0.0302. The van der Waals surface area contributed by atoms with E-state index in [-0.39, 0.29) is 17.2 Å². The molecule has 3 N–H and O–H groups in total. The van der Waals surface area contributed by atoms with Crippen molar-refractivity contribution in [3.8, 4) is 0 Å². The van der Waals surface area contributed by atoms with E-state index in [0.29, 0.717) is 37.4 Å². The Hall–Kier alpha value is -3.06. The first-order valence-corrected chi connectivity index (χ1v) is 11.8. The Kier molecular flexibility index (Phi) is 6.61. The average molecular weight is 450 g/mol. The molecular formula is C26H35N5O2. The summed E-state index contributed by atoms with van der Waals surface area (Å²) in [6.45, 7) is 12.3. The molecule has 176 valence electrons. The first-order valence-electron chi connectivity index (χ1n) is 11.8. The molecule has 0 aliphatic carbocycles. The van der Waals surface area contributed by atoms with Gasteiger partial charge in [-0.25, -0.2) is 0 Å². The number of carbonyl (C=O) groups is 2. The molecule has 2 aromatic carbocycles. The van der Waals surface area contributed by atoms with Crippen LogP contribution in [-0.4, -0.2) is 74.0 Å². The number of carbonyl (C=O) groups excluding carboxylic acids is 2. The standard InChI is InChI=1S/C26H35N5O2/c1-26(2,3)21-7-4-19(5-8-21)24(32)31-16-14-29(15-17-31)23-9-6-20(18-22(23)27)25(33)30-12-10-28-11-13-30/h4-9,18,28H,10-17,27H2,1-3H3. The number of nitrogens with zero attached hydrogens (tertiary/aromatic N) is 3. The van der Waals surface area contributed by atoms with Crippen molar-refractivity contribution in [3.63, 3.8) is 0 Å². The number of anilines is 2. The lowest BCUT2D eigenvalue weighted by Gasteiger charge is -2.37. The minimum Gasteiger partial charge on any atom is -0.397 e. The Morgan fingerprint density at radius 2 is 1.33 bits per heavy atom. The number of hydrogen-bond acceptors (Lipinski definition) is 5. The van der Waals surface area contributed by atoms with Crippen LogP contribution in [0.2, 0.25) is 0 Å². The van der Waals surface area contributed by atoms with Crippen LogP contribution in [0.5, 0.6) is 0 Å². The third-order valence-corrected chi connectivity index (χ3v) is 6.58. The normalized spacial score (nSPS) is 17.2. The van der Waals surface area contributed by atoms with E-state index in [4.69, 9.17) is 5.73 Å². The number of nitrogens with one attached hydrogen (secondary N) is 1. The molecule has 2 amide bonds.